The normalized spacial score (nSPS) is 15.4. The van der Waals surface area contributed by atoms with Crippen LogP contribution in [0.3, 0.4) is 0 Å². The highest BCUT2D eigenvalue weighted by Gasteiger charge is 2.29. The quantitative estimate of drug-likeness (QED) is 0.433. The van der Waals surface area contributed by atoms with Gasteiger partial charge in [0.05, 0.1) is 17.2 Å². The molecule has 2 N–H and O–H groups in total. The van der Waals surface area contributed by atoms with Gasteiger partial charge in [0.15, 0.2) is 5.82 Å². The number of imidazole rings is 1. The summed E-state index contributed by atoms with van der Waals surface area (Å²) in [7, 11) is 0. The molecule has 0 radical (unpaired) electrons. The molecule has 1 amide bonds. The van der Waals surface area contributed by atoms with Crippen molar-refractivity contribution in [3.8, 4) is 23.0 Å². The van der Waals surface area contributed by atoms with E-state index >= 15 is 0 Å². The number of ether oxygens (including phenoxy) is 2. The molecule has 0 aliphatic carbocycles. The first kappa shape index (κ1) is 20.6. The molecular weight excluding hydrogens is 422 g/mol. The molecule has 3 aromatic heterocycles. The Morgan fingerprint density at radius 3 is 2.85 bits per heavy atom. The first-order valence-electron chi connectivity index (χ1n) is 10.7. The van der Waals surface area contributed by atoms with Crippen LogP contribution in [0.15, 0.2) is 54.9 Å². The number of nitrogens with one attached hydrogen (secondary N) is 2. The predicted octanol–water partition coefficient (Wildman–Crippen LogP) is 3.94. The fourth-order valence-electron chi connectivity index (χ4n) is 3.72. The maximum Gasteiger partial charge on any atom is 0.306 e. The molecule has 4 heterocycles. The molecule has 1 aliphatic rings. The number of H-pyrrole nitrogens is 1. The van der Waals surface area contributed by atoms with Crippen molar-refractivity contribution in [3.05, 3.63) is 66.1 Å². The molecule has 5 rings (SSSR count). The summed E-state index contributed by atoms with van der Waals surface area (Å²) in [5.41, 5.74) is 3.22. The van der Waals surface area contributed by atoms with Crippen LogP contribution in [0.25, 0.3) is 22.6 Å². The molecule has 9 heteroatoms. The summed E-state index contributed by atoms with van der Waals surface area (Å²) in [6.07, 6.45) is 3.70. The summed E-state index contributed by atoms with van der Waals surface area (Å²) in [5.74, 6) is 1.10. The molecule has 0 saturated carbocycles. The lowest BCUT2D eigenvalue weighted by Gasteiger charge is -2.15. The van der Waals surface area contributed by atoms with Crippen LogP contribution < -0.4 is 10.1 Å². The SMILES string of the molecule is CCNC(=O)c1ccc(Oc2cc3nc(-c4ccccn4)[nH]c3cc2C2CCC(=O)O2)cn1. The number of cyclic esters (lactones) is 1. The van der Waals surface area contributed by atoms with E-state index in [0.29, 0.717) is 47.9 Å². The Bertz CT molecular complexity index is 1320. The molecular formula is C24H21N5O4. The third kappa shape index (κ3) is 4.25. The second-order valence-corrected chi connectivity index (χ2v) is 7.57. The first-order valence-corrected chi connectivity index (χ1v) is 10.7. The highest BCUT2D eigenvalue weighted by atomic mass is 16.6. The lowest BCUT2D eigenvalue weighted by Crippen LogP contribution is -2.23. The minimum Gasteiger partial charge on any atom is -0.457 e. The van der Waals surface area contributed by atoms with Gasteiger partial charge >= 0.3 is 5.97 Å². The van der Waals surface area contributed by atoms with Gasteiger partial charge in [-0.3, -0.25) is 14.6 Å². The van der Waals surface area contributed by atoms with Gasteiger partial charge in [-0.05, 0) is 43.7 Å². The minimum absolute atomic E-state index is 0.238. The van der Waals surface area contributed by atoms with E-state index in [9.17, 15) is 9.59 Å². The number of pyridine rings is 2. The van der Waals surface area contributed by atoms with Crippen molar-refractivity contribution in [1.29, 1.82) is 0 Å². The van der Waals surface area contributed by atoms with Crippen LogP contribution in [0, 0.1) is 0 Å². The molecule has 1 aromatic carbocycles. The van der Waals surface area contributed by atoms with Crippen LogP contribution in [0.1, 0.15) is 41.9 Å². The van der Waals surface area contributed by atoms with E-state index in [-0.39, 0.29) is 11.9 Å². The zero-order valence-corrected chi connectivity index (χ0v) is 17.9. The third-order valence-electron chi connectivity index (χ3n) is 5.29. The van der Waals surface area contributed by atoms with Gasteiger partial charge in [-0.15, -0.1) is 0 Å². The Morgan fingerprint density at radius 1 is 1.24 bits per heavy atom. The summed E-state index contributed by atoms with van der Waals surface area (Å²) in [6, 6.07) is 12.6. The maximum atomic E-state index is 12.0. The van der Waals surface area contributed by atoms with Crippen LogP contribution in [0.2, 0.25) is 0 Å². The average Bonchev–Trinajstić information content (AvgIpc) is 3.45. The lowest BCUT2D eigenvalue weighted by atomic mass is 10.0. The molecule has 166 valence electrons. The van der Waals surface area contributed by atoms with Crippen LogP contribution >= 0.6 is 0 Å². The molecule has 1 saturated heterocycles. The second kappa shape index (κ2) is 8.70. The molecule has 0 bridgehead atoms. The lowest BCUT2D eigenvalue weighted by molar-refractivity contribution is -0.141. The fraction of sp³-hybridized carbons (Fsp3) is 0.208. The Labute approximate surface area is 189 Å². The molecule has 9 nitrogen and oxygen atoms in total. The summed E-state index contributed by atoms with van der Waals surface area (Å²) in [6.45, 7) is 2.36. The topological polar surface area (TPSA) is 119 Å². The van der Waals surface area contributed by atoms with E-state index in [0.717, 1.165) is 16.8 Å². The standard InChI is InChI=1S/C24H21N5O4/c1-2-25-24(31)17-7-6-14(13-27-17)32-21-12-19-18(11-15(21)20-8-9-22(30)33-20)28-23(29-19)16-5-3-4-10-26-16/h3-7,10-13,20H,2,8-9H2,1H3,(H,25,31)(H,28,29). The number of fused-ring (bicyclic) bond motifs is 1. The van der Waals surface area contributed by atoms with Crippen molar-refractivity contribution >= 4 is 22.9 Å². The zero-order chi connectivity index (χ0) is 22.8. The summed E-state index contributed by atoms with van der Waals surface area (Å²) in [5, 5.41) is 2.71. The number of carbonyl (C=O) groups is 2. The van der Waals surface area contributed by atoms with E-state index in [4.69, 9.17) is 9.47 Å². The van der Waals surface area contributed by atoms with Gasteiger partial charge in [0, 0.05) is 30.8 Å². The molecule has 1 atom stereocenters. The van der Waals surface area contributed by atoms with Gasteiger partial charge in [-0.2, -0.15) is 0 Å². The van der Waals surface area contributed by atoms with Gasteiger partial charge in [-0.1, -0.05) is 6.07 Å². The van der Waals surface area contributed by atoms with E-state index in [1.807, 2.05) is 31.2 Å². The van der Waals surface area contributed by atoms with Crippen molar-refractivity contribution in [2.45, 2.75) is 25.9 Å². The van der Waals surface area contributed by atoms with E-state index in [1.165, 1.54) is 6.20 Å². The van der Waals surface area contributed by atoms with Gasteiger partial charge < -0.3 is 19.8 Å². The number of rotatable bonds is 6. The maximum absolute atomic E-state index is 12.0. The van der Waals surface area contributed by atoms with Gasteiger partial charge in [0.1, 0.15) is 29.0 Å². The summed E-state index contributed by atoms with van der Waals surface area (Å²) < 4.78 is 11.6. The van der Waals surface area contributed by atoms with Crippen LogP contribution in [0.5, 0.6) is 11.5 Å². The molecule has 33 heavy (non-hydrogen) atoms. The van der Waals surface area contributed by atoms with Crippen molar-refractivity contribution in [2.24, 2.45) is 0 Å². The van der Waals surface area contributed by atoms with Crippen molar-refractivity contribution in [2.75, 3.05) is 6.54 Å². The van der Waals surface area contributed by atoms with Gasteiger partial charge in [0.2, 0.25) is 0 Å². The highest BCUT2D eigenvalue weighted by Crippen LogP contribution is 2.39. The molecule has 1 unspecified atom stereocenters. The van der Waals surface area contributed by atoms with E-state index < -0.39 is 6.10 Å². The number of esters is 1. The minimum atomic E-state index is -0.416. The first-order chi connectivity index (χ1) is 16.1. The Kier molecular flexibility index (Phi) is 5.43. The number of hydrogen-bond donors (Lipinski definition) is 2. The smallest absolute Gasteiger partial charge is 0.306 e. The monoisotopic (exact) mass is 443 g/mol. The third-order valence-corrected chi connectivity index (χ3v) is 5.29. The van der Waals surface area contributed by atoms with Crippen LogP contribution in [-0.4, -0.2) is 38.4 Å². The number of benzene rings is 1. The van der Waals surface area contributed by atoms with E-state index in [2.05, 4.69) is 25.3 Å². The fourth-order valence-corrected chi connectivity index (χ4v) is 3.72. The Hall–Kier alpha value is -4.27. The van der Waals surface area contributed by atoms with Gasteiger partial charge in [-0.25, -0.2) is 9.97 Å². The number of aromatic amines is 1. The largest absolute Gasteiger partial charge is 0.457 e. The van der Waals surface area contributed by atoms with Crippen molar-refractivity contribution < 1.29 is 19.1 Å². The number of hydrogen-bond acceptors (Lipinski definition) is 7. The van der Waals surface area contributed by atoms with E-state index in [1.54, 1.807) is 24.4 Å². The number of aromatic nitrogens is 4. The van der Waals surface area contributed by atoms with Crippen LogP contribution in [0.4, 0.5) is 0 Å². The highest BCUT2D eigenvalue weighted by molar-refractivity contribution is 5.92. The number of amides is 1. The van der Waals surface area contributed by atoms with Gasteiger partial charge in [0.25, 0.3) is 5.91 Å². The summed E-state index contributed by atoms with van der Waals surface area (Å²) >= 11 is 0. The van der Waals surface area contributed by atoms with Crippen LogP contribution in [-0.2, 0) is 9.53 Å². The number of nitrogens with zero attached hydrogens (tertiary/aromatic N) is 3. The molecule has 1 aliphatic heterocycles. The number of carbonyl (C=O) groups excluding carboxylic acids is 2. The molecule has 1 fully saturated rings. The molecule has 0 spiro atoms. The Morgan fingerprint density at radius 2 is 2.15 bits per heavy atom. The predicted molar refractivity (Wildman–Crippen MR) is 120 cm³/mol. The Balaban J connectivity index is 1.51. The zero-order valence-electron chi connectivity index (χ0n) is 17.9. The van der Waals surface area contributed by atoms with Crippen molar-refractivity contribution in [1.82, 2.24) is 25.3 Å². The molecule has 4 aromatic rings. The summed E-state index contributed by atoms with van der Waals surface area (Å²) in [4.78, 5) is 40.2. The average molecular weight is 443 g/mol. The second-order valence-electron chi connectivity index (χ2n) is 7.57. The van der Waals surface area contributed by atoms with Crippen molar-refractivity contribution in [3.63, 3.8) is 0 Å².